The van der Waals surface area contributed by atoms with E-state index in [9.17, 15) is 4.79 Å². The molecule has 0 spiro atoms. The van der Waals surface area contributed by atoms with Crippen molar-refractivity contribution in [2.24, 2.45) is 0 Å². The van der Waals surface area contributed by atoms with Gasteiger partial charge in [-0.15, -0.1) is 11.3 Å². The summed E-state index contributed by atoms with van der Waals surface area (Å²) >= 11 is 7.46. The zero-order chi connectivity index (χ0) is 21.6. The Hall–Kier alpha value is -3.56. The summed E-state index contributed by atoms with van der Waals surface area (Å²) in [6, 6.07) is 16.8. The summed E-state index contributed by atoms with van der Waals surface area (Å²) in [6.07, 6.45) is 0.0345. The zero-order valence-corrected chi connectivity index (χ0v) is 17.7. The molecule has 0 saturated heterocycles. The maximum absolute atomic E-state index is 12.2. The lowest BCUT2D eigenvalue weighted by molar-refractivity contribution is -0.144. The minimum atomic E-state index is -0.445. The summed E-state index contributed by atoms with van der Waals surface area (Å²) in [7, 11) is 0. The number of nitrogens with zero attached hydrogens (tertiary/aromatic N) is 4. The highest BCUT2D eigenvalue weighted by Gasteiger charge is 2.12. The molecule has 31 heavy (non-hydrogen) atoms. The summed E-state index contributed by atoms with van der Waals surface area (Å²) in [6.45, 7) is -0.125. The molecule has 0 saturated carbocycles. The van der Waals surface area contributed by atoms with Crippen molar-refractivity contribution < 1.29 is 9.53 Å². The third kappa shape index (κ3) is 5.74. The number of nitrogens with one attached hydrogen (secondary N) is 1. The molecular weight excluding hydrogens is 436 g/mol. The number of hydrogen-bond donors (Lipinski definition) is 2. The maximum atomic E-state index is 12.2. The van der Waals surface area contributed by atoms with E-state index < -0.39 is 5.97 Å². The Morgan fingerprint density at radius 1 is 1.06 bits per heavy atom. The van der Waals surface area contributed by atoms with Crippen LogP contribution in [0.3, 0.4) is 0 Å². The largest absolute Gasteiger partial charge is 0.457 e. The van der Waals surface area contributed by atoms with Gasteiger partial charge in [0.2, 0.25) is 11.9 Å². The highest BCUT2D eigenvalue weighted by Crippen LogP contribution is 2.26. The number of ether oxygens (including phenoxy) is 1. The van der Waals surface area contributed by atoms with Gasteiger partial charge in [0, 0.05) is 21.7 Å². The summed E-state index contributed by atoms with van der Waals surface area (Å²) in [5, 5.41) is 6.27. The van der Waals surface area contributed by atoms with Crippen LogP contribution in [0, 0.1) is 0 Å². The molecule has 0 unspecified atom stereocenters. The van der Waals surface area contributed by atoms with Gasteiger partial charge in [0.15, 0.2) is 12.4 Å². The fourth-order valence-corrected chi connectivity index (χ4v) is 3.70. The monoisotopic (exact) mass is 452 g/mol. The highest BCUT2D eigenvalue weighted by molar-refractivity contribution is 7.13. The number of rotatable bonds is 7. The predicted molar refractivity (Wildman–Crippen MR) is 120 cm³/mol. The minimum absolute atomic E-state index is 0.0325. The van der Waals surface area contributed by atoms with E-state index in [0.717, 1.165) is 16.3 Å². The van der Waals surface area contributed by atoms with Crippen LogP contribution in [0.5, 0.6) is 0 Å². The lowest BCUT2D eigenvalue weighted by atomic mass is 10.2. The number of thiazole rings is 1. The predicted octanol–water partition coefficient (Wildman–Crippen LogP) is 4.26. The van der Waals surface area contributed by atoms with Gasteiger partial charge in [-0.25, -0.2) is 4.98 Å². The topological polar surface area (TPSA) is 116 Å². The van der Waals surface area contributed by atoms with Crippen molar-refractivity contribution in [2.75, 3.05) is 11.1 Å². The van der Waals surface area contributed by atoms with E-state index in [1.807, 2.05) is 53.9 Å². The van der Waals surface area contributed by atoms with Crippen LogP contribution >= 0.6 is 22.9 Å². The molecule has 8 nitrogen and oxygen atoms in total. The quantitative estimate of drug-likeness (QED) is 0.399. The Morgan fingerprint density at radius 2 is 1.90 bits per heavy atom. The van der Waals surface area contributed by atoms with Crippen LogP contribution in [0.1, 0.15) is 11.5 Å². The number of esters is 1. The van der Waals surface area contributed by atoms with Gasteiger partial charge in [0.1, 0.15) is 5.01 Å². The Morgan fingerprint density at radius 3 is 2.71 bits per heavy atom. The van der Waals surface area contributed by atoms with Crippen LogP contribution in [-0.2, 0) is 22.6 Å². The highest BCUT2D eigenvalue weighted by atomic mass is 35.5. The van der Waals surface area contributed by atoms with E-state index in [-0.39, 0.29) is 30.7 Å². The third-order valence-electron chi connectivity index (χ3n) is 4.04. The van der Waals surface area contributed by atoms with Gasteiger partial charge in [-0.3, -0.25) is 4.79 Å². The van der Waals surface area contributed by atoms with Crippen LogP contribution in [0.25, 0.3) is 10.6 Å². The van der Waals surface area contributed by atoms with E-state index in [2.05, 4.69) is 25.3 Å². The molecule has 0 fully saturated rings. The Kier molecular flexibility index (Phi) is 6.34. The zero-order valence-electron chi connectivity index (χ0n) is 16.2. The number of hydrogen-bond acceptors (Lipinski definition) is 9. The molecule has 2 heterocycles. The molecule has 2 aromatic carbocycles. The molecular formula is C21H17ClN6O2S. The molecule has 3 N–H and O–H groups in total. The first-order chi connectivity index (χ1) is 15.0. The summed E-state index contributed by atoms with van der Waals surface area (Å²) in [4.78, 5) is 29.0. The smallest absolute Gasteiger partial charge is 0.312 e. The number of carbonyl (C=O) groups is 1. The molecule has 0 aliphatic carbocycles. The number of halogens is 1. The fourth-order valence-electron chi connectivity index (χ4n) is 2.70. The van der Waals surface area contributed by atoms with Crippen molar-refractivity contribution in [3.8, 4) is 10.6 Å². The third-order valence-corrected chi connectivity index (χ3v) is 5.22. The molecule has 0 aliphatic heterocycles. The Labute approximate surface area is 187 Å². The van der Waals surface area contributed by atoms with Crippen LogP contribution < -0.4 is 11.1 Å². The number of benzene rings is 2. The standard InChI is InChI=1S/C21H17ClN6O2S/c22-14-6-4-5-13(9-14)19-24-16(12-31-19)10-18(29)30-11-17-26-20(23)28-21(27-17)25-15-7-2-1-3-8-15/h1-9,12H,10-11H2,(H3,23,25,26,27,28). The SMILES string of the molecule is Nc1nc(COC(=O)Cc2csc(-c3cccc(Cl)c3)n2)nc(Nc2ccccc2)n1. The first-order valence-electron chi connectivity index (χ1n) is 9.23. The lowest BCUT2D eigenvalue weighted by Crippen LogP contribution is -2.12. The van der Waals surface area contributed by atoms with Crippen LogP contribution in [-0.4, -0.2) is 25.9 Å². The summed E-state index contributed by atoms with van der Waals surface area (Å²) < 4.78 is 5.29. The molecule has 0 aliphatic rings. The molecule has 4 rings (SSSR count). The van der Waals surface area contributed by atoms with Crippen molar-refractivity contribution in [2.45, 2.75) is 13.0 Å². The van der Waals surface area contributed by atoms with E-state index in [1.54, 1.807) is 6.07 Å². The van der Waals surface area contributed by atoms with Crippen molar-refractivity contribution in [3.63, 3.8) is 0 Å². The molecule has 0 radical (unpaired) electrons. The molecule has 0 atom stereocenters. The van der Waals surface area contributed by atoms with E-state index in [4.69, 9.17) is 22.1 Å². The number of nitrogen functional groups attached to an aromatic ring is 1. The molecule has 0 bridgehead atoms. The van der Waals surface area contributed by atoms with Crippen molar-refractivity contribution >= 4 is 46.5 Å². The van der Waals surface area contributed by atoms with E-state index in [0.29, 0.717) is 10.7 Å². The van der Waals surface area contributed by atoms with Gasteiger partial charge in [0.05, 0.1) is 12.1 Å². The van der Waals surface area contributed by atoms with Gasteiger partial charge >= 0.3 is 5.97 Å². The van der Waals surface area contributed by atoms with Crippen molar-refractivity contribution in [1.29, 1.82) is 0 Å². The van der Waals surface area contributed by atoms with Crippen LogP contribution in [0.2, 0.25) is 5.02 Å². The summed E-state index contributed by atoms with van der Waals surface area (Å²) in [5.41, 5.74) is 8.07. The van der Waals surface area contributed by atoms with Crippen LogP contribution in [0.15, 0.2) is 60.0 Å². The molecule has 156 valence electrons. The van der Waals surface area contributed by atoms with Gasteiger partial charge < -0.3 is 15.8 Å². The van der Waals surface area contributed by atoms with Gasteiger partial charge in [-0.2, -0.15) is 15.0 Å². The summed E-state index contributed by atoms with van der Waals surface area (Å²) in [5.74, 6) is 0.109. The number of anilines is 3. The van der Waals surface area contributed by atoms with Gasteiger partial charge in [-0.1, -0.05) is 41.9 Å². The second-order valence-corrected chi connectivity index (χ2v) is 7.71. The normalized spacial score (nSPS) is 10.6. The lowest BCUT2D eigenvalue weighted by Gasteiger charge is -2.07. The Bertz CT molecular complexity index is 1200. The first-order valence-corrected chi connectivity index (χ1v) is 10.5. The number of nitrogens with two attached hydrogens (primary N) is 1. The number of aromatic nitrogens is 4. The average molecular weight is 453 g/mol. The molecule has 2 aromatic heterocycles. The molecule has 10 heteroatoms. The molecule has 0 amide bonds. The minimum Gasteiger partial charge on any atom is -0.457 e. The fraction of sp³-hybridized carbons (Fsp3) is 0.0952. The average Bonchev–Trinajstić information content (AvgIpc) is 3.21. The number of para-hydroxylation sites is 1. The molecule has 4 aromatic rings. The van der Waals surface area contributed by atoms with Crippen LogP contribution in [0.4, 0.5) is 17.6 Å². The van der Waals surface area contributed by atoms with E-state index >= 15 is 0 Å². The second kappa shape index (κ2) is 9.50. The van der Waals surface area contributed by atoms with Gasteiger partial charge in [0.25, 0.3) is 0 Å². The van der Waals surface area contributed by atoms with Gasteiger partial charge in [-0.05, 0) is 24.3 Å². The Balaban J connectivity index is 1.36. The maximum Gasteiger partial charge on any atom is 0.312 e. The van der Waals surface area contributed by atoms with E-state index in [1.165, 1.54) is 11.3 Å². The first kappa shape index (κ1) is 20.7. The number of carbonyl (C=O) groups excluding carboxylic acids is 1. The second-order valence-electron chi connectivity index (χ2n) is 6.42. The van der Waals surface area contributed by atoms with Crippen molar-refractivity contribution in [3.05, 3.63) is 76.5 Å². The van der Waals surface area contributed by atoms with Crippen molar-refractivity contribution in [1.82, 2.24) is 19.9 Å².